The molecule has 0 bridgehead atoms. The number of carbonyl (C=O) groups is 3. The van der Waals surface area contributed by atoms with Gasteiger partial charge >= 0.3 is 0 Å². The largest absolute Gasteiger partial charge is 0.365 e. The predicted octanol–water partition coefficient (Wildman–Crippen LogP) is 2.45. The van der Waals surface area contributed by atoms with Crippen molar-refractivity contribution in [2.45, 2.75) is 27.3 Å². The van der Waals surface area contributed by atoms with Gasteiger partial charge in [0.2, 0.25) is 11.8 Å². The molecule has 2 rings (SSSR count). The van der Waals surface area contributed by atoms with Gasteiger partial charge in [-0.1, -0.05) is 30.3 Å². The molecule has 0 saturated heterocycles. The minimum atomic E-state index is -0.579. The molecule has 0 radical (unpaired) electrons. The van der Waals surface area contributed by atoms with Crippen LogP contribution in [0.3, 0.4) is 0 Å². The van der Waals surface area contributed by atoms with E-state index in [1.54, 1.807) is 6.92 Å². The van der Waals surface area contributed by atoms with Crippen molar-refractivity contribution in [3.05, 3.63) is 51.9 Å². The Bertz CT molecular complexity index is 799. The number of aryl methyl sites for hydroxylation is 1. The highest BCUT2D eigenvalue weighted by molar-refractivity contribution is 7.16. The number of carbonyl (C=O) groups excluding carboxylic acids is 3. The van der Waals surface area contributed by atoms with Crippen LogP contribution in [0.5, 0.6) is 0 Å². The van der Waals surface area contributed by atoms with E-state index in [1.165, 1.54) is 23.2 Å². The highest BCUT2D eigenvalue weighted by Gasteiger charge is 2.20. The molecule has 132 valence electrons. The van der Waals surface area contributed by atoms with Gasteiger partial charge in [0.1, 0.15) is 11.5 Å². The van der Waals surface area contributed by atoms with Gasteiger partial charge in [0.05, 0.1) is 5.56 Å². The molecule has 0 aliphatic rings. The van der Waals surface area contributed by atoms with Crippen molar-refractivity contribution >= 4 is 34.1 Å². The van der Waals surface area contributed by atoms with E-state index in [-0.39, 0.29) is 18.4 Å². The van der Waals surface area contributed by atoms with Gasteiger partial charge in [-0.15, -0.1) is 11.3 Å². The molecule has 2 aromatic rings. The monoisotopic (exact) mass is 359 g/mol. The Hall–Kier alpha value is -2.67. The van der Waals surface area contributed by atoms with E-state index in [2.05, 4.69) is 5.32 Å². The first-order valence-corrected chi connectivity index (χ1v) is 8.60. The fourth-order valence-corrected chi connectivity index (χ4v) is 3.52. The van der Waals surface area contributed by atoms with Gasteiger partial charge in [0.15, 0.2) is 0 Å². The van der Waals surface area contributed by atoms with Crippen molar-refractivity contribution in [2.75, 3.05) is 11.9 Å². The molecule has 25 heavy (non-hydrogen) atoms. The zero-order chi connectivity index (χ0) is 18.6. The summed E-state index contributed by atoms with van der Waals surface area (Å²) in [6, 6.07) is 9.44. The smallest absolute Gasteiger partial charge is 0.251 e. The summed E-state index contributed by atoms with van der Waals surface area (Å²) in [5.74, 6) is -1.15. The molecule has 6 nitrogen and oxygen atoms in total. The minimum absolute atomic E-state index is 0.0988. The van der Waals surface area contributed by atoms with Crippen LogP contribution in [-0.2, 0) is 16.1 Å². The molecule has 0 atom stereocenters. The Kier molecular flexibility index (Phi) is 5.93. The van der Waals surface area contributed by atoms with Crippen LogP contribution in [0.25, 0.3) is 0 Å². The van der Waals surface area contributed by atoms with E-state index in [0.29, 0.717) is 17.1 Å². The summed E-state index contributed by atoms with van der Waals surface area (Å²) in [6.45, 7) is 5.32. The standard InChI is InChI=1S/C18H21N3O3S/c1-11-12(2)25-18(16(11)17(19)24)20-15(23)10-21(13(3)22)9-14-7-5-4-6-8-14/h4-8H,9-10H2,1-3H3,(H2,19,24)(H,20,23). The number of nitrogens with two attached hydrogens (primary N) is 1. The van der Waals surface area contributed by atoms with E-state index in [9.17, 15) is 14.4 Å². The number of benzene rings is 1. The predicted molar refractivity (Wildman–Crippen MR) is 98.5 cm³/mol. The maximum atomic E-state index is 12.4. The molecular weight excluding hydrogens is 338 g/mol. The van der Waals surface area contributed by atoms with Crippen molar-refractivity contribution in [3.8, 4) is 0 Å². The lowest BCUT2D eigenvalue weighted by Crippen LogP contribution is -2.36. The van der Waals surface area contributed by atoms with Crippen LogP contribution in [0.15, 0.2) is 30.3 Å². The summed E-state index contributed by atoms with van der Waals surface area (Å²) < 4.78 is 0. The third kappa shape index (κ3) is 4.67. The Morgan fingerprint density at radius 2 is 1.80 bits per heavy atom. The second-order valence-corrected chi connectivity index (χ2v) is 6.99. The lowest BCUT2D eigenvalue weighted by atomic mass is 10.1. The van der Waals surface area contributed by atoms with Crippen LogP contribution in [0.1, 0.15) is 33.3 Å². The average Bonchev–Trinajstić information content (AvgIpc) is 2.81. The number of thiophene rings is 1. The summed E-state index contributed by atoms with van der Waals surface area (Å²) in [4.78, 5) is 38.2. The van der Waals surface area contributed by atoms with Gasteiger partial charge in [-0.25, -0.2) is 0 Å². The van der Waals surface area contributed by atoms with Crippen molar-refractivity contribution in [1.29, 1.82) is 0 Å². The quantitative estimate of drug-likeness (QED) is 0.830. The minimum Gasteiger partial charge on any atom is -0.365 e. The van der Waals surface area contributed by atoms with Gasteiger partial charge in [-0.3, -0.25) is 14.4 Å². The van der Waals surface area contributed by atoms with Gasteiger partial charge in [-0.2, -0.15) is 0 Å². The Morgan fingerprint density at radius 1 is 1.16 bits per heavy atom. The Morgan fingerprint density at radius 3 is 2.36 bits per heavy atom. The number of anilines is 1. The van der Waals surface area contributed by atoms with Crippen molar-refractivity contribution in [3.63, 3.8) is 0 Å². The van der Waals surface area contributed by atoms with E-state index >= 15 is 0 Å². The van der Waals surface area contributed by atoms with E-state index in [0.717, 1.165) is 16.0 Å². The van der Waals surface area contributed by atoms with Crippen LogP contribution < -0.4 is 11.1 Å². The molecule has 0 aliphatic heterocycles. The van der Waals surface area contributed by atoms with Crippen LogP contribution in [0, 0.1) is 13.8 Å². The number of rotatable bonds is 6. The first-order valence-electron chi connectivity index (χ1n) is 7.78. The fourth-order valence-electron chi connectivity index (χ4n) is 2.43. The average molecular weight is 359 g/mol. The third-order valence-corrected chi connectivity index (χ3v) is 5.00. The van der Waals surface area contributed by atoms with Crippen LogP contribution in [0.4, 0.5) is 5.00 Å². The molecule has 1 aromatic heterocycles. The lowest BCUT2D eigenvalue weighted by Gasteiger charge is -2.20. The highest BCUT2D eigenvalue weighted by atomic mass is 32.1. The third-order valence-electron chi connectivity index (χ3n) is 3.88. The van der Waals surface area contributed by atoms with Gasteiger partial charge in [-0.05, 0) is 25.0 Å². The molecule has 7 heteroatoms. The Balaban J connectivity index is 2.11. The summed E-state index contributed by atoms with van der Waals surface area (Å²) in [7, 11) is 0. The van der Waals surface area contributed by atoms with Crippen LogP contribution >= 0.6 is 11.3 Å². The molecule has 0 unspecified atom stereocenters. The molecule has 3 amide bonds. The summed E-state index contributed by atoms with van der Waals surface area (Å²) in [5, 5.41) is 3.14. The SMILES string of the molecule is CC(=O)N(CC(=O)Nc1sc(C)c(C)c1C(N)=O)Cc1ccccc1. The summed E-state index contributed by atoms with van der Waals surface area (Å²) >= 11 is 1.30. The normalized spacial score (nSPS) is 10.4. The number of amides is 3. The molecular formula is C18H21N3O3S. The topological polar surface area (TPSA) is 92.5 Å². The van der Waals surface area contributed by atoms with Crippen molar-refractivity contribution in [2.24, 2.45) is 5.73 Å². The van der Waals surface area contributed by atoms with Gasteiger partial charge in [0.25, 0.3) is 5.91 Å². The molecule has 1 aromatic carbocycles. The van der Waals surface area contributed by atoms with Crippen LogP contribution in [0.2, 0.25) is 0 Å². The molecule has 0 spiro atoms. The highest BCUT2D eigenvalue weighted by Crippen LogP contribution is 2.31. The second-order valence-electron chi connectivity index (χ2n) is 5.76. The van der Waals surface area contributed by atoms with Crippen LogP contribution in [-0.4, -0.2) is 29.2 Å². The molecule has 0 aliphatic carbocycles. The number of hydrogen-bond acceptors (Lipinski definition) is 4. The van der Waals surface area contributed by atoms with Gasteiger partial charge < -0.3 is 16.0 Å². The molecule has 0 fully saturated rings. The van der Waals surface area contributed by atoms with Crippen molar-refractivity contribution in [1.82, 2.24) is 4.90 Å². The molecule has 0 saturated carbocycles. The van der Waals surface area contributed by atoms with Gasteiger partial charge in [0, 0.05) is 18.3 Å². The van der Waals surface area contributed by atoms with Crippen molar-refractivity contribution < 1.29 is 14.4 Å². The fraction of sp³-hybridized carbons (Fsp3) is 0.278. The number of hydrogen-bond donors (Lipinski definition) is 2. The maximum Gasteiger partial charge on any atom is 0.251 e. The van der Waals surface area contributed by atoms with E-state index in [4.69, 9.17) is 5.73 Å². The second kappa shape index (κ2) is 7.94. The molecule has 1 heterocycles. The molecule has 3 N–H and O–H groups in total. The number of nitrogens with zero attached hydrogens (tertiary/aromatic N) is 1. The maximum absolute atomic E-state index is 12.4. The van der Waals surface area contributed by atoms with E-state index < -0.39 is 5.91 Å². The lowest BCUT2D eigenvalue weighted by molar-refractivity contribution is -0.133. The zero-order valence-electron chi connectivity index (χ0n) is 14.5. The first-order chi connectivity index (χ1) is 11.8. The van der Waals surface area contributed by atoms with E-state index in [1.807, 2.05) is 37.3 Å². The Labute approximate surface area is 150 Å². The summed E-state index contributed by atoms with van der Waals surface area (Å²) in [5.41, 5.74) is 7.44. The first kappa shape index (κ1) is 18.7. The number of primary amides is 1. The summed E-state index contributed by atoms with van der Waals surface area (Å²) in [6.07, 6.45) is 0. The number of nitrogens with one attached hydrogen (secondary N) is 1. The zero-order valence-corrected chi connectivity index (χ0v) is 15.3.